The van der Waals surface area contributed by atoms with Crippen LogP contribution < -0.4 is 0 Å². The van der Waals surface area contributed by atoms with Gasteiger partial charge in [-0.15, -0.1) is 0 Å². The van der Waals surface area contributed by atoms with Crippen molar-refractivity contribution in [2.75, 3.05) is 6.54 Å². The summed E-state index contributed by atoms with van der Waals surface area (Å²) in [5.74, 6) is 1.07. The quantitative estimate of drug-likeness (QED) is 0.538. The zero-order chi connectivity index (χ0) is 17.3. The highest BCUT2D eigenvalue weighted by atomic mass is 15.2. The van der Waals surface area contributed by atoms with Crippen molar-refractivity contribution in [3.05, 3.63) is 78.1 Å². The summed E-state index contributed by atoms with van der Waals surface area (Å²) in [5, 5.41) is 2.48. The van der Waals surface area contributed by atoms with Crippen molar-refractivity contribution in [1.82, 2.24) is 14.9 Å². The van der Waals surface area contributed by atoms with Gasteiger partial charge in [-0.25, -0.2) is 4.98 Å². The first kappa shape index (κ1) is 15.6. The van der Waals surface area contributed by atoms with E-state index in [9.17, 15) is 0 Å². The number of imidazole rings is 1. The Hall–Kier alpha value is -2.65. The Morgan fingerprint density at radius 2 is 1.77 bits per heavy atom. The molecule has 1 aliphatic heterocycles. The smallest absolute Gasteiger partial charge is 0.121 e. The van der Waals surface area contributed by atoms with E-state index >= 15 is 0 Å². The minimum Gasteiger partial charge on any atom is -0.341 e. The number of piperidine rings is 1. The van der Waals surface area contributed by atoms with Gasteiger partial charge in [-0.1, -0.05) is 67.1 Å². The van der Waals surface area contributed by atoms with Crippen LogP contribution in [-0.4, -0.2) is 21.4 Å². The third-order valence-electron chi connectivity index (χ3n) is 5.58. The minimum atomic E-state index is 0.495. The largest absolute Gasteiger partial charge is 0.341 e. The second-order valence-electron chi connectivity index (χ2n) is 7.26. The zero-order valence-corrected chi connectivity index (χ0v) is 14.9. The first-order valence-corrected chi connectivity index (χ1v) is 9.54. The highest BCUT2D eigenvalue weighted by molar-refractivity contribution is 6.04. The summed E-state index contributed by atoms with van der Waals surface area (Å²) < 4.78 is 0. The fourth-order valence-corrected chi connectivity index (χ4v) is 4.29. The lowest BCUT2D eigenvalue weighted by atomic mass is 9.95. The Kier molecular flexibility index (Phi) is 3.95. The van der Waals surface area contributed by atoms with Crippen LogP contribution in [0.2, 0.25) is 0 Å². The number of rotatable bonds is 3. The van der Waals surface area contributed by atoms with Crippen molar-refractivity contribution in [3.8, 4) is 0 Å². The number of nitrogens with zero attached hydrogens (tertiary/aromatic N) is 2. The predicted molar refractivity (Wildman–Crippen MR) is 107 cm³/mol. The molecule has 1 unspecified atom stereocenters. The van der Waals surface area contributed by atoms with Crippen molar-refractivity contribution in [2.24, 2.45) is 0 Å². The Bertz CT molecular complexity index is 1040. The van der Waals surface area contributed by atoms with Crippen LogP contribution in [0.1, 0.15) is 36.7 Å². The Morgan fingerprint density at radius 1 is 0.923 bits per heavy atom. The van der Waals surface area contributed by atoms with Crippen LogP contribution in [0.15, 0.2) is 66.7 Å². The Labute approximate surface area is 153 Å². The molecule has 2 heterocycles. The normalized spacial score (nSPS) is 18.5. The van der Waals surface area contributed by atoms with E-state index in [-0.39, 0.29) is 0 Å². The molecule has 1 atom stereocenters. The van der Waals surface area contributed by atoms with Crippen LogP contribution in [0.25, 0.3) is 21.8 Å². The van der Waals surface area contributed by atoms with Crippen LogP contribution in [0.3, 0.4) is 0 Å². The third kappa shape index (κ3) is 2.78. The second kappa shape index (κ2) is 6.58. The highest BCUT2D eigenvalue weighted by Crippen LogP contribution is 2.32. The SMILES string of the molecule is c1ccc(C2CCCCN2Cc2nc3c(ccc4ccccc43)[nH]2)cc1. The van der Waals surface area contributed by atoms with Crippen molar-refractivity contribution in [2.45, 2.75) is 31.8 Å². The van der Waals surface area contributed by atoms with Gasteiger partial charge in [-0.05, 0) is 36.4 Å². The van der Waals surface area contributed by atoms with Crippen molar-refractivity contribution in [3.63, 3.8) is 0 Å². The average Bonchev–Trinajstić information content (AvgIpc) is 3.12. The van der Waals surface area contributed by atoms with Gasteiger partial charge in [-0.2, -0.15) is 0 Å². The summed E-state index contributed by atoms with van der Waals surface area (Å²) in [7, 11) is 0. The predicted octanol–water partition coefficient (Wildman–Crippen LogP) is 5.44. The molecule has 4 aromatic rings. The minimum absolute atomic E-state index is 0.495. The summed E-state index contributed by atoms with van der Waals surface area (Å²) in [6.45, 7) is 2.01. The lowest BCUT2D eigenvalue weighted by Crippen LogP contribution is -2.33. The van der Waals surface area contributed by atoms with Crippen molar-refractivity contribution in [1.29, 1.82) is 0 Å². The number of fused-ring (bicyclic) bond motifs is 3. The maximum Gasteiger partial charge on any atom is 0.121 e. The van der Waals surface area contributed by atoms with E-state index in [1.165, 1.54) is 35.6 Å². The molecule has 3 nitrogen and oxygen atoms in total. The van der Waals surface area contributed by atoms with E-state index in [2.05, 4.69) is 76.6 Å². The molecule has 0 spiro atoms. The van der Waals surface area contributed by atoms with E-state index in [4.69, 9.17) is 4.98 Å². The Balaban J connectivity index is 1.48. The number of hydrogen-bond acceptors (Lipinski definition) is 2. The van der Waals surface area contributed by atoms with E-state index in [1.807, 2.05) is 0 Å². The maximum absolute atomic E-state index is 4.97. The zero-order valence-electron chi connectivity index (χ0n) is 14.9. The highest BCUT2D eigenvalue weighted by Gasteiger charge is 2.24. The summed E-state index contributed by atoms with van der Waals surface area (Å²) in [4.78, 5) is 11.1. The van der Waals surface area contributed by atoms with Gasteiger partial charge in [0.2, 0.25) is 0 Å². The number of aromatic nitrogens is 2. The third-order valence-corrected chi connectivity index (χ3v) is 5.58. The van der Waals surface area contributed by atoms with Gasteiger partial charge in [-0.3, -0.25) is 4.90 Å². The summed E-state index contributed by atoms with van der Waals surface area (Å²) in [5.41, 5.74) is 3.65. The molecule has 1 fully saturated rings. The molecule has 1 aliphatic rings. The summed E-state index contributed by atoms with van der Waals surface area (Å²) in [6, 6.07) is 24.2. The molecule has 3 aromatic carbocycles. The monoisotopic (exact) mass is 341 g/mol. The number of aromatic amines is 1. The summed E-state index contributed by atoms with van der Waals surface area (Å²) in [6.07, 6.45) is 3.81. The number of likely N-dealkylation sites (tertiary alicyclic amines) is 1. The topological polar surface area (TPSA) is 31.9 Å². The second-order valence-corrected chi connectivity index (χ2v) is 7.26. The van der Waals surface area contributed by atoms with Gasteiger partial charge < -0.3 is 4.98 Å². The maximum atomic E-state index is 4.97. The molecule has 0 saturated carbocycles. The molecule has 0 radical (unpaired) electrons. The van der Waals surface area contributed by atoms with Gasteiger partial charge in [0.15, 0.2) is 0 Å². The number of hydrogen-bond donors (Lipinski definition) is 1. The molecule has 0 aliphatic carbocycles. The fourth-order valence-electron chi connectivity index (χ4n) is 4.29. The average molecular weight is 341 g/mol. The van der Waals surface area contributed by atoms with E-state index < -0.39 is 0 Å². The molecule has 0 amide bonds. The molecule has 3 heteroatoms. The fraction of sp³-hybridized carbons (Fsp3) is 0.261. The molecule has 0 bridgehead atoms. The van der Waals surface area contributed by atoms with Gasteiger partial charge in [0.25, 0.3) is 0 Å². The van der Waals surface area contributed by atoms with Crippen LogP contribution in [-0.2, 0) is 6.54 Å². The lowest BCUT2D eigenvalue weighted by Gasteiger charge is -2.35. The molecule has 1 aromatic heterocycles. The van der Waals surface area contributed by atoms with Gasteiger partial charge in [0.05, 0.1) is 17.6 Å². The van der Waals surface area contributed by atoms with Gasteiger partial charge in [0, 0.05) is 11.4 Å². The number of nitrogens with one attached hydrogen (secondary N) is 1. The van der Waals surface area contributed by atoms with E-state index in [0.717, 1.165) is 29.9 Å². The number of H-pyrrole nitrogens is 1. The van der Waals surface area contributed by atoms with Gasteiger partial charge in [0.1, 0.15) is 5.82 Å². The van der Waals surface area contributed by atoms with Crippen LogP contribution in [0.5, 0.6) is 0 Å². The van der Waals surface area contributed by atoms with E-state index in [0.29, 0.717) is 6.04 Å². The molecular weight excluding hydrogens is 318 g/mol. The molecule has 130 valence electrons. The summed E-state index contributed by atoms with van der Waals surface area (Å²) >= 11 is 0. The molecule has 1 N–H and O–H groups in total. The molecule has 1 saturated heterocycles. The lowest BCUT2D eigenvalue weighted by molar-refractivity contribution is 0.137. The van der Waals surface area contributed by atoms with E-state index in [1.54, 1.807) is 0 Å². The molecule has 5 rings (SSSR count). The van der Waals surface area contributed by atoms with Crippen LogP contribution in [0.4, 0.5) is 0 Å². The first-order chi connectivity index (χ1) is 12.9. The molecule has 26 heavy (non-hydrogen) atoms. The Morgan fingerprint density at radius 3 is 2.69 bits per heavy atom. The first-order valence-electron chi connectivity index (χ1n) is 9.54. The van der Waals surface area contributed by atoms with Crippen LogP contribution >= 0.6 is 0 Å². The van der Waals surface area contributed by atoms with Crippen molar-refractivity contribution < 1.29 is 0 Å². The van der Waals surface area contributed by atoms with Crippen molar-refractivity contribution >= 4 is 21.8 Å². The standard InChI is InChI=1S/C23H23N3/c1-2-9-18(10-3-1)21-12-6-7-15-26(21)16-22-24-20-14-13-17-8-4-5-11-19(17)23(20)25-22/h1-5,8-11,13-14,21H,6-7,12,15-16H2,(H,24,25). The number of benzene rings is 3. The molecular formula is C23H23N3. The van der Waals surface area contributed by atoms with Gasteiger partial charge >= 0.3 is 0 Å². The van der Waals surface area contributed by atoms with Crippen LogP contribution in [0, 0.1) is 0 Å².